The highest BCUT2D eigenvalue weighted by atomic mass is 16.5. The SMILES string of the molecule is CNC(=O)NCC(O)COC. The Morgan fingerprint density at radius 1 is 1.73 bits per heavy atom. The Labute approximate surface area is 65.7 Å². The lowest BCUT2D eigenvalue weighted by Crippen LogP contribution is -2.39. The number of nitrogens with one attached hydrogen (secondary N) is 2. The summed E-state index contributed by atoms with van der Waals surface area (Å²) >= 11 is 0. The van der Waals surface area contributed by atoms with E-state index in [-0.39, 0.29) is 19.2 Å². The Bertz CT molecular complexity index is 118. The molecular formula is C6H14N2O3. The lowest BCUT2D eigenvalue weighted by Gasteiger charge is -2.09. The Morgan fingerprint density at radius 3 is 2.82 bits per heavy atom. The van der Waals surface area contributed by atoms with E-state index >= 15 is 0 Å². The minimum Gasteiger partial charge on any atom is -0.389 e. The molecule has 0 aliphatic carbocycles. The fourth-order valence-corrected chi connectivity index (χ4v) is 0.550. The highest BCUT2D eigenvalue weighted by Crippen LogP contribution is 1.80. The van der Waals surface area contributed by atoms with Gasteiger partial charge in [-0.3, -0.25) is 0 Å². The van der Waals surface area contributed by atoms with Gasteiger partial charge in [-0.05, 0) is 0 Å². The smallest absolute Gasteiger partial charge is 0.314 e. The Morgan fingerprint density at radius 2 is 2.36 bits per heavy atom. The van der Waals surface area contributed by atoms with Gasteiger partial charge in [-0.25, -0.2) is 4.79 Å². The number of aliphatic hydroxyl groups is 1. The van der Waals surface area contributed by atoms with Crippen LogP contribution in [0.15, 0.2) is 0 Å². The van der Waals surface area contributed by atoms with E-state index in [9.17, 15) is 4.79 Å². The first-order valence-corrected chi connectivity index (χ1v) is 3.33. The van der Waals surface area contributed by atoms with Crippen molar-refractivity contribution in [2.24, 2.45) is 0 Å². The van der Waals surface area contributed by atoms with E-state index in [2.05, 4.69) is 15.4 Å². The lowest BCUT2D eigenvalue weighted by atomic mass is 10.4. The third-order valence-electron chi connectivity index (χ3n) is 1.08. The van der Waals surface area contributed by atoms with Gasteiger partial charge in [-0.2, -0.15) is 0 Å². The van der Waals surface area contributed by atoms with Gasteiger partial charge in [0.25, 0.3) is 0 Å². The van der Waals surface area contributed by atoms with Crippen molar-refractivity contribution in [3.05, 3.63) is 0 Å². The molecule has 0 saturated heterocycles. The second-order valence-electron chi connectivity index (χ2n) is 2.07. The third-order valence-corrected chi connectivity index (χ3v) is 1.08. The van der Waals surface area contributed by atoms with E-state index < -0.39 is 6.10 Å². The maximum Gasteiger partial charge on any atom is 0.314 e. The molecule has 0 fully saturated rings. The summed E-state index contributed by atoms with van der Waals surface area (Å²) in [6, 6.07) is -0.305. The number of hydrogen-bond donors (Lipinski definition) is 3. The van der Waals surface area contributed by atoms with Crippen LogP contribution in [0.2, 0.25) is 0 Å². The van der Waals surface area contributed by atoms with E-state index in [1.54, 1.807) is 0 Å². The summed E-state index contributed by atoms with van der Waals surface area (Å²) in [6.07, 6.45) is -0.641. The molecule has 0 saturated carbocycles. The summed E-state index contributed by atoms with van der Waals surface area (Å²) in [6.45, 7) is 0.428. The van der Waals surface area contributed by atoms with Crippen LogP contribution in [-0.2, 0) is 4.74 Å². The number of carbonyl (C=O) groups is 1. The Hall–Kier alpha value is -0.810. The topological polar surface area (TPSA) is 70.6 Å². The van der Waals surface area contributed by atoms with Crippen LogP contribution >= 0.6 is 0 Å². The lowest BCUT2D eigenvalue weighted by molar-refractivity contribution is 0.0660. The van der Waals surface area contributed by atoms with Gasteiger partial charge in [-0.15, -0.1) is 0 Å². The molecule has 5 nitrogen and oxygen atoms in total. The van der Waals surface area contributed by atoms with Crippen molar-refractivity contribution in [2.45, 2.75) is 6.10 Å². The van der Waals surface area contributed by atoms with Gasteiger partial charge in [0.2, 0.25) is 0 Å². The molecule has 0 aromatic heterocycles. The number of rotatable bonds is 4. The van der Waals surface area contributed by atoms with Gasteiger partial charge < -0.3 is 20.5 Å². The number of carbonyl (C=O) groups excluding carboxylic acids is 1. The van der Waals surface area contributed by atoms with E-state index in [1.165, 1.54) is 14.2 Å². The largest absolute Gasteiger partial charge is 0.389 e. The van der Waals surface area contributed by atoms with Crippen molar-refractivity contribution in [3.8, 4) is 0 Å². The zero-order valence-corrected chi connectivity index (χ0v) is 6.76. The van der Waals surface area contributed by atoms with Crippen LogP contribution < -0.4 is 10.6 Å². The predicted octanol–water partition coefficient (Wildman–Crippen LogP) is -1.08. The van der Waals surface area contributed by atoms with Crippen molar-refractivity contribution >= 4 is 6.03 Å². The highest BCUT2D eigenvalue weighted by molar-refractivity contribution is 5.73. The molecule has 1 unspecified atom stereocenters. The second-order valence-corrected chi connectivity index (χ2v) is 2.07. The van der Waals surface area contributed by atoms with Crippen LogP contribution in [0.1, 0.15) is 0 Å². The average Bonchev–Trinajstić information content (AvgIpc) is 2.01. The summed E-state index contributed by atoms with van der Waals surface area (Å²) in [5, 5.41) is 13.8. The van der Waals surface area contributed by atoms with Crippen molar-refractivity contribution in [1.29, 1.82) is 0 Å². The maximum atomic E-state index is 10.5. The van der Waals surface area contributed by atoms with Crippen LogP contribution in [-0.4, -0.2) is 44.6 Å². The molecular weight excluding hydrogens is 148 g/mol. The predicted molar refractivity (Wildman–Crippen MR) is 40.3 cm³/mol. The molecule has 11 heavy (non-hydrogen) atoms. The number of aliphatic hydroxyl groups excluding tert-OH is 1. The second kappa shape index (κ2) is 5.94. The van der Waals surface area contributed by atoms with E-state index in [0.717, 1.165) is 0 Å². The van der Waals surface area contributed by atoms with Crippen LogP contribution in [0.5, 0.6) is 0 Å². The molecule has 1 atom stereocenters. The van der Waals surface area contributed by atoms with Crippen molar-refractivity contribution in [1.82, 2.24) is 10.6 Å². The molecule has 5 heteroatoms. The molecule has 0 bridgehead atoms. The summed E-state index contributed by atoms with van der Waals surface area (Å²) in [7, 11) is 3.00. The van der Waals surface area contributed by atoms with Gasteiger partial charge in [0, 0.05) is 20.7 Å². The van der Waals surface area contributed by atoms with Crippen LogP contribution in [0, 0.1) is 0 Å². The van der Waals surface area contributed by atoms with Crippen molar-refractivity contribution < 1.29 is 14.6 Å². The summed E-state index contributed by atoms with van der Waals surface area (Å²) in [4.78, 5) is 10.5. The molecule has 66 valence electrons. The highest BCUT2D eigenvalue weighted by Gasteiger charge is 2.03. The third kappa shape index (κ3) is 5.63. The summed E-state index contributed by atoms with van der Waals surface area (Å²) < 4.78 is 4.65. The number of ether oxygens (including phenoxy) is 1. The first-order chi connectivity index (χ1) is 5.20. The van der Waals surface area contributed by atoms with Crippen LogP contribution in [0.3, 0.4) is 0 Å². The van der Waals surface area contributed by atoms with Gasteiger partial charge in [-0.1, -0.05) is 0 Å². The molecule has 0 aliphatic rings. The molecule has 0 rings (SSSR count). The zero-order chi connectivity index (χ0) is 8.69. The molecule has 0 spiro atoms. The average molecular weight is 162 g/mol. The van der Waals surface area contributed by atoms with Crippen LogP contribution in [0.4, 0.5) is 4.79 Å². The number of methoxy groups -OCH3 is 1. The van der Waals surface area contributed by atoms with Gasteiger partial charge in [0.15, 0.2) is 0 Å². The van der Waals surface area contributed by atoms with Gasteiger partial charge >= 0.3 is 6.03 Å². The summed E-state index contributed by atoms with van der Waals surface area (Å²) in [5.74, 6) is 0. The molecule has 3 N–H and O–H groups in total. The molecule has 0 radical (unpaired) electrons. The number of amides is 2. The molecule has 2 amide bonds. The minimum atomic E-state index is -0.641. The minimum absolute atomic E-state index is 0.202. The molecule has 0 aromatic carbocycles. The first kappa shape index (κ1) is 10.2. The zero-order valence-electron chi connectivity index (χ0n) is 6.76. The van der Waals surface area contributed by atoms with E-state index in [1.807, 2.05) is 0 Å². The molecule has 0 aromatic rings. The van der Waals surface area contributed by atoms with E-state index in [0.29, 0.717) is 0 Å². The first-order valence-electron chi connectivity index (χ1n) is 3.33. The Kier molecular flexibility index (Phi) is 5.50. The summed E-state index contributed by atoms with van der Waals surface area (Å²) in [5.41, 5.74) is 0. The fourth-order valence-electron chi connectivity index (χ4n) is 0.550. The quantitative estimate of drug-likeness (QED) is 0.492. The maximum absolute atomic E-state index is 10.5. The van der Waals surface area contributed by atoms with Crippen LogP contribution in [0.25, 0.3) is 0 Å². The Balaban J connectivity index is 3.29. The molecule has 0 heterocycles. The molecule has 0 aliphatic heterocycles. The van der Waals surface area contributed by atoms with Gasteiger partial charge in [0.1, 0.15) is 0 Å². The van der Waals surface area contributed by atoms with Crippen molar-refractivity contribution in [3.63, 3.8) is 0 Å². The van der Waals surface area contributed by atoms with Crippen molar-refractivity contribution in [2.75, 3.05) is 27.3 Å². The number of urea groups is 1. The standard InChI is InChI=1S/C6H14N2O3/c1-7-6(10)8-3-5(9)4-11-2/h5,9H,3-4H2,1-2H3,(H2,7,8,10). The fraction of sp³-hybridized carbons (Fsp3) is 0.833. The number of hydrogen-bond acceptors (Lipinski definition) is 3. The monoisotopic (exact) mass is 162 g/mol. The van der Waals surface area contributed by atoms with E-state index in [4.69, 9.17) is 5.11 Å². The normalized spacial score (nSPS) is 12.3. The van der Waals surface area contributed by atoms with Gasteiger partial charge in [0.05, 0.1) is 12.7 Å².